The first-order chi connectivity index (χ1) is 13.2. The maximum Gasteiger partial charge on any atom is 0.119 e. The van der Waals surface area contributed by atoms with E-state index in [1.165, 1.54) is 11.1 Å². The van der Waals surface area contributed by atoms with Crippen molar-refractivity contribution in [2.24, 2.45) is 0 Å². The third-order valence-electron chi connectivity index (χ3n) is 5.85. The molecule has 2 heterocycles. The Morgan fingerprint density at radius 1 is 0.963 bits per heavy atom. The molecule has 2 aliphatic rings. The Morgan fingerprint density at radius 3 is 2.48 bits per heavy atom. The molecule has 2 fully saturated rings. The largest absolute Gasteiger partial charge is 0.494 e. The van der Waals surface area contributed by atoms with E-state index in [2.05, 4.69) is 64.4 Å². The second-order valence-corrected chi connectivity index (χ2v) is 7.85. The molecule has 3 atom stereocenters. The summed E-state index contributed by atoms with van der Waals surface area (Å²) in [6, 6.07) is 20.2. The monoisotopic (exact) mass is 366 g/mol. The van der Waals surface area contributed by atoms with E-state index in [-0.39, 0.29) is 6.10 Å². The van der Waals surface area contributed by atoms with Crippen LogP contribution in [-0.4, -0.2) is 59.3 Å². The number of aliphatic hydroxyl groups excluding tert-OH is 1. The number of piperazine rings is 1. The van der Waals surface area contributed by atoms with Crippen LogP contribution in [0, 0.1) is 0 Å². The summed E-state index contributed by atoms with van der Waals surface area (Å²) >= 11 is 0. The van der Waals surface area contributed by atoms with Gasteiger partial charge in [0.1, 0.15) is 5.75 Å². The van der Waals surface area contributed by atoms with Gasteiger partial charge in [0.15, 0.2) is 0 Å². The molecule has 4 nitrogen and oxygen atoms in total. The quantitative estimate of drug-likeness (QED) is 0.853. The van der Waals surface area contributed by atoms with Gasteiger partial charge in [-0.05, 0) is 43.0 Å². The maximum absolute atomic E-state index is 10.1. The summed E-state index contributed by atoms with van der Waals surface area (Å²) in [5.41, 5.74) is 2.71. The van der Waals surface area contributed by atoms with E-state index in [1.807, 2.05) is 6.92 Å². The van der Waals surface area contributed by atoms with Crippen LogP contribution in [0.1, 0.15) is 24.5 Å². The second-order valence-electron chi connectivity index (χ2n) is 7.85. The van der Waals surface area contributed by atoms with Gasteiger partial charge in [-0.3, -0.25) is 9.80 Å². The number of aliphatic hydroxyl groups is 1. The van der Waals surface area contributed by atoms with E-state index in [0.29, 0.717) is 18.7 Å². The third kappa shape index (κ3) is 4.52. The molecule has 2 saturated heterocycles. The molecule has 27 heavy (non-hydrogen) atoms. The number of nitrogens with zero attached hydrogens (tertiary/aromatic N) is 2. The summed E-state index contributed by atoms with van der Waals surface area (Å²) in [5, 5.41) is 10.1. The first-order valence-electron chi connectivity index (χ1n) is 10.1. The van der Waals surface area contributed by atoms with Gasteiger partial charge in [0.2, 0.25) is 0 Å². The highest BCUT2D eigenvalue weighted by molar-refractivity contribution is 5.27. The van der Waals surface area contributed by atoms with Gasteiger partial charge in [-0.25, -0.2) is 0 Å². The number of hydrogen-bond donors (Lipinski definition) is 1. The van der Waals surface area contributed by atoms with Crippen LogP contribution in [0.15, 0.2) is 54.6 Å². The van der Waals surface area contributed by atoms with E-state index in [0.717, 1.165) is 44.8 Å². The summed E-state index contributed by atoms with van der Waals surface area (Å²) in [7, 11) is 0. The van der Waals surface area contributed by atoms with E-state index in [1.54, 1.807) is 0 Å². The smallest absolute Gasteiger partial charge is 0.119 e. The molecule has 0 bridgehead atoms. The molecular formula is C23H30N2O2. The molecule has 0 amide bonds. The average molecular weight is 367 g/mol. The molecule has 0 aromatic heterocycles. The molecule has 2 aliphatic heterocycles. The third-order valence-corrected chi connectivity index (χ3v) is 5.85. The summed E-state index contributed by atoms with van der Waals surface area (Å²) in [5.74, 6) is 0.936. The number of hydrogen-bond acceptors (Lipinski definition) is 4. The zero-order chi connectivity index (χ0) is 18.6. The lowest BCUT2D eigenvalue weighted by atomic mass is 9.99. The standard InChI is InChI=1S/C23H30N2O2/c1-2-27-23-10-8-19(9-11-23)14-24-16-21-13-22(26)17-25(21)15-20(24)12-18-6-4-3-5-7-18/h3-11,20-22,26H,2,12-17H2,1H3/t20-,21+,22-/m1/s1. The number of fused-ring (bicyclic) bond motifs is 1. The van der Waals surface area contributed by atoms with Crippen LogP contribution in [0.4, 0.5) is 0 Å². The SMILES string of the molecule is CCOc1ccc(CN2C[C@@H]3C[C@@H](O)CN3C[C@H]2Cc2ccccc2)cc1. The van der Waals surface area contributed by atoms with Crippen molar-refractivity contribution in [1.82, 2.24) is 9.80 Å². The highest BCUT2D eigenvalue weighted by Gasteiger charge is 2.39. The molecule has 2 aromatic carbocycles. The van der Waals surface area contributed by atoms with Crippen LogP contribution >= 0.6 is 0 Å². The minimum atomic E-state index is -0.169. The summed E-state index contributed by atoms with van der Waals surface area (Å²) < 4.78 is 5.57. The first kappa shape index (κ1) is 18.5. The lowest BCUT2D eigenvalue weighted by molar-refractivity contribution is 0.0445. The molecule has 0 aliphatic carbocycles. The normalized spacial score (nSPS) is 26.1. The van der Waals surface area contributed by atoms with Gasteiger partial charge in [-0.2, -0.15) is 0 Å². The number of rotatable bonds is 6. The number of ether oxygens (including phenoxy) is 1. The first-order valence-corrected chi connectivity index (χ1v) is 10.1. The van der Waals surface area contributed by atoms with Gasteiger partial charge in [0, 0.05) is 38.3 Å². The van der Waals surface area contributed by atoms with Crippen LogP contribution < -0.4 is 4.74 Å². The molecule has 0 spiro atoms. The molecule has 0 radical (unpaired) electrons. The van der Waals surface area contributed by atoms with Gasteiger partial charge < -0.3 is 9.84 Å². The van der Waals surface area contributed by atoms with Crippen LogP contribution in [0.3, 0.4) is 0 Å². The van der Waals surface area contributed by atoms with Crippen molar-refractivity contribution in [3.05, 3.63) is 65.7 Å². The summed E-state index contributed by atoms with van der Waals surface area (Å²) in [6.45, 7) is 6.55. The summed E-state index contributed by atoms with van der Waals surface area (Å²) in [6.07, 6.45) is 1.78. The van der Waals surface area contributed by atoms with E-state index < -0.39 is 0 Å². The minimum Gasteiger partial charge on any atom is -0.494 e. The topological polar surface area (TPSA) is 35.9 Å². The van der Waals surface area contributed by atoms with E-state index in [9.17, 15) is 5.11 Å². The highest BCUT2D eigenvalue weighted by Crippen LogP contribution is 2.28. The maximum atomic E-state index is 10.1. The van der Waals surface area contributed by atoms with Gasteiger partial charge in [0.05, 0.1) is 12.7 Å². The molecule has 4 heteroatoms. The molecular weight excluding hydrogens is 336 g/mol. The Morgan fingerprint density at radius 2 is 1.74 bits per heavy atom. The fourth-order valence-electron chi connectivity index (χ4n) is 4.54. The molecule has 2 aromatic rings. The lowest BCUT2D eigenvalue weighted by Crippen LogP contribution is -2.56. The highest BCUT2D eigenvalue weighted by atomic mass is 16.5. The Hall–Kier alpha value is -1.88. The Kier molecular flexibility index (Phi) is 5.77. The minimum absolute atomic E-state index is 0.169. The van der Waals surface area contributed by atoms with Gasteiger partial charge in [-0.15, -0.1) is 0 Å². The molecule has 0 saturated carbocycles. The van der Waals surface area contributed by atoms with Gasteiger partial charge in [-0.1, -0.05) is 42.5 Å². The van der Waals surface area contributed by atoms with Crippen molar-refractivity contribution in [3.63, 3.8) is 0 Å². The zero-order valence-electron chi connectivity index (χ0n) is 16.1. The van der Waals surface area contributed by atoms with E-state index >= 15 is 0 Å². The number of benzene rings is 2. The predicted molar refractivity (Wildman–Crippen MR) is 108 cm³/mol. The van der Waals surface area contributed by atoms with Crippen LogP contribution in [0.2, 0.25) is 0 Å². The molecule has 1 N–H and O–H groups in total. The van der Waals surface area contributed by atoms with Crippen molar-refractivity contribution in [2.75, 3.05) is 26.2 Å². The summed E-state index contributed by atoms with van der Waals surface area (Å²) in [4.78, 5) is 5.11. The Labute approximate surface area is 162 Å². The van der Waals surface area contributed by atoms with Crippen molar-refractivity contribution in [2.45, 2.75) is 44.5 Å². The van der Waals surface area contributed by atoms with Crippen molar-refractivity contribution < 1.29 is 9.84 Å². The molecule has 0 unspecified atom stereocenters. The Bertz CT molecular complexity index is 719. The second kappa shape index (κ2) is 8.42. The van der Waals surface area contributed by atoms with Crippen molar-refractivity contribution >= 4 is 0 Å². The lowest BCUT2D eigenvalue weighted by Gasteiger charge is -2.44. The molecule has 144 valence electrons. The fourth-order valence-corrected chi connectivity index (χ4v) is 4.54. The fraction of sp³-hybridized carbons (Fsp3) is 0.478. The molecule has 4 rings (SSSR count). The van der Waals surface area contributed by atoms with Crippen LogP contribution in [0.5, 0.6) is 5.75 Å². The van der Waals surface area contributed by atoms with Gasteiger partial charge >= 0.3 is 0 Å². The van der Waals surface area contributed by atoms with Crippen molar-refractivity contribution in [3.8, 4) is 5.75 Å². The average Bonchev–Trinajstić information content (AvgIpc) is 3.03. The Balaban J connectivity index is 1.49. The van der Waals surface area contributed by atoms with Gasteiger partial charge in [0.25, 0.3) is 0 Å². The predicted octanol–water partition coefficient (Wildman–Crippen LogP) is 2.95. The van der Waals surface area contributed by atoms with Crippen LogP contribution in [-0.2, 0) is 13.0 Å². The van der Waals surface area contributed by atoms with Crippen LogP contribution in [0.25, 0.3) is 0 Å². The van der Waals surface area contributed by atoms with Crippen molar-refractivity contribution in [1.29, 1.82) is 0 Å². The zero-order valence-corrected chi connectivity index (χ0v) is 16.1. The van der Waals surface area contributed by atoms with E-state index in [4.69, 9.17) is 4.74 Å².